The molecular weight excluding hydrogens is 256 g/mol. The molecule has 0 heterocycles. The van der Waals surface area contributed by atoms with E-state index in [1.165, 1.54) is 32.2 Å². The molecule has 2 heteroatoms. The molecule has 0 radical (unpaired) electrons. The number of hydrogen-bond donors (Lipinski definition) is 1. The van der Waals surface area contributed by atoms with E-state index in [0.717, 1.165) is 18.4 Å². The van der Waals surface area contributed by atoms with E-state index < -0.39 is 0 Å². The topological polar surface area (TPSA) is 15.3 Å². The van der Waals surface area contributed by atoms with Gasteiger partial charge in [0, 0.05) is 18.1 Å². The minimum absolute atomic E-state index is 0.614. The highest BCUT2D eigenvalue weighted by atomic mass is 15.2. The molecule has 0 aliphatic rings. The normalized spacial score (nSPS) is 15.4. The average Bonchev–Trinajstić information content (AvgIpc) is 2.35. The Bertz CT molecular complexity index is 236. The quantitative estimate of drug-likeness (QED) is 0.549. The Morgan fingerprint density at radius 1 is 0.762 bits per heavy atom. The van der Waals surface area contributed by atoms with E-state index in [9.17, 15) is 0 Å². The van der Waals surface area contributed by atoms with Crippen LogP contribution < -0.4 is 5.32 Å². The van der Waals surface area contributed by atoms with Gasteiger partial charge in [0.2, 0.25) is 0 Å². The van der Waals surface area contributed by atoms with Crippen molar-refractivity contribution in [2.45, 2.75) is 99.2 Å². The summed E-state index contributed by atoms with van der Waals surface area (Å²) in [4.78, 5) is 2.69. The van der Waals surface area contributed by atoms with Gasteiger partial charge in [0.25, 0.3) is 0 Å². The first kappa shape index (κ1) is 20.9. The molecule has 21 heavy (non-hydrogen) atoms. The summed E-state index contributed by atoms with van der Waals surface area (Å²) in [6.07, 6.45) is 5.31. The second-order valence-electron chi connectivity index (χ2n) is 7.94. The van der Waals surface area contributed by atoms with E-state index in [4.69, 9.17) is 0 Å². The van der Waals surface area contributed by atoms with E-state index in [-0.39, 0.29) is 0 Å². The highest BCUT2D eigenvalue weighted by Crippen LogP contribution is 2.18. The third-order valence-electron chi connectivity index (χ3n) is 4.46. The molecule has 0 aromatic rings. The van der Waals surface area contributed by atoms with Crippen LogP contribution in [0.5, 0.6) is 0 Å². The van der Waals surface area contributed by atoms with Gasteiger partial charge in [-0.25, -0.2) is 0 Å². The van der Waals surface area contributed by atoms with Crippen molar-refractivity contribution < 1.29 is 0 Å². The molecular formula is C19H42N2. The van der Waals surface area contributed by atoms with Gasteiger partial charge in [-0.2, -0.15) is 0 Å². The maximum Gasteiger partial charge on any atom is 0.00697 e. The van der Waals surface area contributed by atoms with E-state index >= 15 is 0 Å². The van der Waals surface area contributed by atoms with E-state index in [2.05, 4.69) is 65.6 Å². The molecule has 2 atom stereocenters. The third-order valence-corrected chi connectivity index (χ3v) is 4.46. The largest absolute Gasteiger partial charge is 0.315 e. The third kappa shape index (κ3) is 11.2. The molecule has 0 aliphatic carbocycles. The SMILES string of the molecule is CC(C)CCN(C(C)C)C(C)CCC(C)CCNC(C)C. The molecule has 0 saturated heterocycles. The Morgan fingerprint density at radius 3 is 1.86 bits per heavy atom. The lowest BCUT2D eigenvalue weighted by Gasteiger charge is -2.34. The van der Waals surface area contributed by atoms with Gasteiger partial charge in [-0.15, -0.1) is 0 Å². The maximum absolute atomic E-state index is 3.53. The summed E-state index contributed by atoms with van der Waals surface area (Å²) in [6.45, 7) is 21.0. The summed E-state index contributed by atoms with van der Waals surface area (Å²) in [6, 6.07) is 1.99. The molecule has 0 rings (SSSR count). The van der Waals surface area contributed by atoms with Gasteiger partial charge in [0.15, 0.2) is 0 Å². The first-order valence-electron chi connectivity index (χ1n) is 9.23. The first-order valence-corrected chi connectivity index (χ1v) is 9.23. The fourth-order valence-corrected chi connectivity index (χ4v) is 2.85. The van der Waals surface area contributed by atoms with Crippen LogP contribution in [0.4, 0.5) is 0 Å². The molecule has 2 unspecified atom stereocenters. The Morgan fingerprint density at radius 2 is 1.38 bits per heavy atom. The van der Waals surface area contributed by atoms with Crippen molar-refractivity contribution in [3.05, 3.63) is 0 Å². The predicted octanol–water partition coefficient (Wildman–Crippen LogP) is 4.94. The van der Waals surface area contributed by atoms with Crippen molar-refractivity contribution in [2.24, 2.45) is 11.8 Å². The van der Waals surface area contributed by atoms with Crippen molar-refractivity contribution in [3.8, 4) is 0 Å². The minimum atomic E-state index is 0.614. The minimum Gasteiger partial charge on any atom is -0.315 e. The van der Waals surface area contributed by atoms with Crippen molar-refractivity contribution in [2.75, 3.05) is 13.1 Å². The fourth-order valence-electron chi connectivity index (χ4n) is 2.85. The Hall–Kier alpha value is -0.0800. The zero-order valence-corrected chi connectivity index (χ0v) is 16.1. The molecule has 0 aromatic carbocycles. The average molecular weight is 299 g/mol. The first-order chi connectivity index (χ1) is 9.73. The molecule has 0 saturated carbocycles. The zero-order valence-electron chi connectivity index (χ0n) is 16.1. The molecule has 0 aliphatic heterocycles. The smallest absolute Gasteiger partial charge is 0.00697 e. The molecule has 0 fully saturated rings. The van der Waals surface area contributed by atoms with Gasteiger partial charge in [0.1, 0.15) is 0 Å². The summed E-state index contributed by atoms with van der Waals surface area (Å²) < 4.78 is 0. The summed E-state index contributed by atoms with van der Waals surface area (Å²) >= 11 is 0. The van der Waals surface area contributed by atoms with Crippen LogP contribution in [0.15, 0.2) is 0 Å². The molecule has 0 aromatic heterocycles. The van der Waals surface area contributed by atoms with Crippen molar-refractivity contribution in [1.29, 1.82) is 0 Å². The molecule has 0 amide bonds. The molecule has 0 spiro atoms. The van der Waals surface area contributed by atoms with Crippen molar-refractivity contribution in [3.63, 3.8) is 0 Å². The van der Waals surface area contributed by atoms with Crippen LogP contribution >= 0.6 is 0 Å². The summed E-state index contributed by atoms with van der Waals surface area (Å²) in [5.74, 6) is 1.64. The lowest BCUT2D eigenvalue weighted by molar-refractivity contribution is 0.142. The van der Waals surface area contributed by atoms with Gasteiger partial charge in [0.05, 0.1) is 0 Å². The van der Waals surface area contributed by atoms with Gasteiger partial charge in [-0.1, -0.05) is 34.6 Å². The van der Waals surface area contributed by atoms with Crippen LogP contribution in [0, 0.1) is 11.8 Å². The Balaban J connectivity index is 4.03. The van der Waals surface area contributed by atoms with Crippen LogP contribution in [0.1, 0.15) is 81.1 Å². The molecule has 2 nitrogen and oxygen atoms in total. The number of hydrogen-bond acceptors (Lipinski definition) is 2. The van der Waals surface area contributed by atoms with Crippen LogP contribution in [0.25, 0.3) is 0 Å². The highest BCUT2D eigenvalue weighted by molar-refractivity contribution is 4.73. The maximum atomic E-state index is 3.53. The number of rotatable bonds is 12. The number of nitrogens with zero attached hydrogens (tertiary/aromatic N) is 1. The highest BCUT2D eigenvalue weighted by Gasteiger charge is 2.18. The van der Waals surface area contributed by atoms with E-state index in [1.807, 2.05) is 0 Å². The zero-order chi connectivity index (χ0) is 16.4. The summed E-state index contributed by atoms with van der Waals surface area (Å²) in [5, 5.41) is 3.53. The molecule has 1 N–H and O–H groups in total. The Labute approximate surface area is 135 Å². The second kappa shape index (κ2) is 11.5. The van der Waals surface area contributed by atoms with E-state index in [0.29, 0.717) is 18.1 Å². The van der Waals surface area contributed by atoms with Crippen LogP contribution in [-0.4, -0.2) is 36.1 Å². The van der Waals surface area contributed by atoms with Gasteiger partial charge in [-0.3, -0.25) is 4.90 Å². The van der Waals surface area contributed by atoms with E-state index in [1.54, 1.807) is 0 Å². The Kier molecular flexibility index (Phi) is 11.4. The van der Waals surface area contributed by atoms with Gasteiger partial charge >= 0.3 is 0 Å². The molecule has 0 bridgehead atoms. The number of nitrogens with one attached hydrogen (secondary N) is 1. The van der Waals surface area contributed by atoms with Crippen LogP contribution in [0.3, 0.4) is 0 Å². The monoisotopic (exact) mass is 298 g/mol. The van der Waals surface area contributed by atoms with Crippen molar-refractivity contribution >= 4 is 0 Å². The van der Waals surface area contributed by atoms with Crippen LogP contribution in [0.2, 0.25) is 0 Å². The van der Waals surface area contributed by atoms with Gasteiger partial charge < -0.3 is 5.32 Å². The second-order valence-corrected chi connectivity index (χ2v) is 7.94. The van der Waals surface area contributed by atoms with Crippen LogP contribution in [-0.2, 0) is 0 Å². The summed E-state index contributed by atoms with van der Waals surface area (Å²) in [7, 11) is 0. The fraction of sp³-hybridized carbons (Fsp3) is 1.00. The lowest BCUT2D eigenvalue weighted by atomic mass is 9.97. The standard InChI is InChI=1S/C19H42N2/c1-15(2)12-14-21(17(5)6)19(8)10-9-18(7)11-13-20-16(3)4/h15-20H,9-14H2,1-8H3. The molecule has 128 valence electrons. The predicted molar refractivity (Wildman–Crippen MR) is 96.9 cm³/mol. The van der Waals surface area contributed by atoms with Gasteiger partial charge in [-0.05, 0) is 71.4 Å². The van der Waals surface area contributed by atoms with Crippen molar-refractivity contribution in [1.82, 2.24) is 10.2 Å². The summed E-state index contributed by atoms with van der Waals surface area (Å²) in [5.41, 5.74) is 0. The lowest BCUT2D eigenvalue weighted by Crippen LogP contribution is -2.40.